The van der Waals surface area contributed by atoms with Crippen LogP contribution in [0.1, 0.15) is 38.1 Å². The molecule has 0 amide bonds. The molecule has 106 valence electrons. The van der Waals surface area contributed by atoms with Crippen LogP contribution in [0.2, 0.25) is 0 Å². The van der Waals surface area contributed by atoms with Crippen molar-refractivity contribution in [3.05, 3.63) is 29.8 Å². The minimum atomic E-state index is -0.0826. The molecular formula is C16H25NO2. The molecule has 0 spiro atoms. The minimum absolute atomic E-state index is 0.0826. The van der Waals surface area contributed by atoms with Crippen molar-refractivity contribution < 1.29 is 9.53 Å². The second-order valence-corrected chi connectivity index (χ2v) is 5.25. The van der Waals surface area contributed by atoms with Gasteiger partial charge in [0.1, 0.15) is 5.75 Å². The number of likely N-dealkylation sites (N-methyl/N-ethyl adjacent to an activating group) is 1. The number of hydrogen-bond donors (Lipinski definition) is 0. The number of hydrogen-bond acceptors (Lipinski definition) is 3. The highest BCUT2D eigenvalue weighted by Gasteiger charge is 2.21. The van der Waals surface area contributed by atoms with E-state index in [1.54, 1.807) is 7.11 Å². The lowest BCUT2D eigenvalue weighted by molar-refractivity contribution is 0.0829. The second kappa shape index (κ2) is 7.29. The van der Waals surface area contributed by atoms with Gasteiger partial charge in [-0.05, 0) is 43.7 Å². The molecule has 1 rings (SSSR count). The number of ether oxygens (including phenoxy) is 1. The molecule has 0 aliphatic heterocycles. The largest absolute Gasteiger partial charge is 0.497 e. The molecule has 19 heavy (non-hydrogen) atoms. The van der Waals surface area contributed by atoms with E-state index in [9.17, 15) is 4.79 Å². The maximum Gasteiger partial charge on any atom is 0.179 e. The van der Waals surface area contributed by atoms with Gasteiger partial charge in [0, 0.05) is 12.1 Å². The number of carbonyl (C=O) groups excluding carboxylic acids is 1. The maximum absolute atomic E-state index is 12.4. The molecule has 3 heteroatoms. The molecule has 1 aromatic rings. The van der Waals surface area contributed by atoms with E-state index in [2.05, 4.69) is 25.7 Å². The van der Waals surface area contributed by atoms with Crippen LogP contribution in [0.25, 0.3) is 0 Å². The zero-order valence-electron chi connectivity index (χ0n) is 12.6. The minimum Gasteiger partial charge on any atom is -0.497 e. The van der Waals surface area contributed by atoms with Crippen LogP contribution in [0.3, 0.4) is 0 Å². The number of rotatable bonds is 7. The Balaban J connectivity index is 2.79. The molecule has 0 aliphatic carbocycles. The van der Waals surface area contributed by atoms with Crippen molar-refractivity contribution in [2.24, 2.45) is 5.92 Å². The highest BCUT2D eigenvalue weighted by atomic mass is 16.5. The molecule has 1 aromatic carbocycles. The van der Waals surface area contributed by atoms with Crippen LogP contribution < -0.4 is 4.74 Å². The highest BCUT2D eigenvalue weighted by Crippen LogP contribution is 2.15. The summed E-state index contributed by atoms with van der Waals surface area (Å²) in [5.41, 5.74) is 0.746. The van der Waals surface area contributed by atoms with Crippen molar-refractivity contribution in [3.8, 4) is 5.75 Å². The van der Waals surface area contributed by atoms with E-state index >= 15 is 0 Å². The first-order chi connectivity index (χ1) is 8.99. The molecule has 1 unspecified atom stereocenters. The van der Waals surface area contributed by atoms with E-state index in [-0.39, 0.29) is 11.8 Å². The highest BCUT2D eigenvalue weighted by molar-refractivity contribution is 5.99. The van der Waals surface area contributed by atoms with Crippen LogP contribution in [0, 0.1) is 5.92 Å². The van der Waals surface area contributed by atoms with Crippen molar-refractivity contribution in [1.82, 2.24) is 4.90 Å². The molecule has 3 nitrogen and oxygen atoms in total. The Morgan fingerprint density at radius 3 is 2.21 bits per heavy atom. The van der Waals surface area contributed by atoms with Crippen molar-refractivity contribution in [1.29, 1.82) is 0 Å². The van der Waals surface area contributed by atoms with Gasteiger partial charge in [-0.1, -0.05) is 20.8 Å². The summed E-state index contributed by atoms with van der Waals surface area (Å²) >= 11 is 0. The fourth-order valence-electron chi connectivity index (χ4n) is 2.19. The molecule has 0 aromatic heterocycles. The van der Waals surface area contributed by atoms with E-state index < -0.39 is 0 Å². The smallest absolute Gasteiger partial charge is 0.179 e. The predicted octanol–water partition coefficient (Wildman–Crippen LogP) is 3.24. The summed E-state index contributed by atoms with van der Waals surface area (Å²) in [6.45, 7) is 10.3. The molecule has 0 bridgehead atoms. The number of benzene rings is 1. The van der Waals surface area contributed by atoms with E-state index in [1.807, 2.05) is 31.2 Å². The van der Waals surface area contributed by atoms with Gasteiger partial charge in [-0.3, -0.25) is 9.69 Å². The zero-order chi connectivity index (χ0) is 14.4. The summed E-state index contributed by atoms with van der Waals surface area (Å²) in [4.78, 5) is 14.7. The van der Waals surface area contributed by atoms with Crippen LogP contribution in [0.4, 0.5) is 0 Å². The summed E-state index contributed by atoms with van der Waals surface area (Å²) in [5, 5.41) is 0. The van der Waals surface area contributed by atoms with Gasteiger partial charge in [0.2, 0.25) is 0 Å². The lowest BCUT2D eigenvalue weighted by Crippen LogP contribution is -2.41. The fraction of sp³-hybridized carbons (Fsp3) is 0.562. The Hall–Kier alpha value is -1.35. The van der Waals surface area contributed by atoms with Crippen LogP contribution in [-0.4, -0.2) is 36.9 Å². The van der Waals surface area contributed by atoms with E-state index in [0.29, 0.717) is 5.92 Å². The van der Waals surface area contributed by atoms with Gasteiger partial charge in [-0.2, -0.15) is 0 Å². The average molecular weight is 263 g/mol. The lowest BCUT2D eigenvalue weighted by Gasteiger charge is -2.28. The Kier molecular flexibility index (Phi) is 6.03. The van der Waals surface area contributed by atoms with Gasteiger partial charge >= 0.3 is 0 Å². The molecule has 0 heterocycles. The Labute approximate surface area is 116 Å². The summed E-state index contributed by atoms with van der Waals surface area (Å²) < 4.78 is 5.11. The van der Waals surface area contributed by atoms with Crippen LogP contribution in [-0.2, 0) is 0 Å². The first kappa shape index (κ1) is 15.7. The van der Waals surface area contributed by atoms with Gasteiger partial charge < -0.3 is 4.74 Å². The maximum atomic E-state index is 12.4. The summed E-state index contributed by atoms with van der Waals surface area (Å²) in [7, 11) is 1.63. The SMILES string of the molecule is CCN(CC(C)C)C(C)C(=O)c1ccc(OC)cc1. The zero-order valence-corrected chi connectivity index (χ0v) is 12.6. The summed E-state index contributed by atoms with van der Waals surface area (Å²) in [5.74, 6) is 1.51. The quantitative estimate of drug-likeness (QED) is 0.707. The number of methoxy groups -OCH3 is 1. The van der Waals surface area contributed by atoms with E-state index in [0.717, 1.165) is 24.4 Å². The molecule has 0 fully saturated rings. The molecule has 0 saturated heterocycles. The Bertz CT molecular complexity index is 398. The summed E-state index contributed by atoms with van der Waals surface area (Å²) in [6, 6.07) is 7.25. The third kappa shape index (κ3) is 4.35. The molecule has 0 saturated carbocycles. The summed E-state index contributed by atoms with van der Waals surface area (Å²) in [6.07, 6.45) is 0. The van der Waals surface area contributed by atoms with E-state index in [1.165, 1.54) is 0 Å². The molecular weight excluding hydrogens is 238 g/mol. The van der Waals surface area contributed by atoms with Crippen LogP contribution in [0.15, 0.2) is 24.3 Å². The van der Waals surface area contributed by atoms with Crippen molar-refractivity contribution in [2.75, 3.05) is 20.2 Å². The molecule has 1 atom stereocenters. The Morgan fingerprint density at radius 2 is 1.79 bits per heavy atom. The Morgan fingerprint density at radius 1 is 1.21 bits per heavy atom. The number of ketones is 1. The van der Waals surface area contributed by atoms with Crippen LogP contribution >= 0.6 is 0 Å². The van der Waals surface area contributed by atoms with Gasteiger partial charge in [0.05, 0.1) is 13.2 Å². The average Bonchev–Trinajstić information content (AvgIpc) is 2.43. The van der Waals surface area contributed by atoms with Crippen molar-refractivity contribution in [3.63, 3.8) is 0 Å². The second-order valence-electron chi connectivity index (χ2n) is 5.25. The topological polar surface area (TPSA) is 29.5 Å². The standard InChI is InChI=1S/C16H25NO2/c1-6-17(11-12(2)3)13(4)16(18)14-7-9-15(19-5)10-8-14/h7-10,12-13H,6,11H2,1-5H3. The third-order valence-corrected chi connectivity index (χ3v) is 3.31. The van der Waals surface area contributed by atoms with Gasteiger partial charge in [-0.25, -0.2) is 0 Å². The first-order valence-electron chi connectivity index (χ1n) is 6.91. The van der Waals surface area contributed by atoms with Gasteiger partial charge in [-0.15, -0.1) is 0 Å². The first-order valence-corrected chi connectivity index (χ1v) is 6.91. The monoisotopic (exact) mass is 263 g/mol. The number of carbonyl (C=O) groups is 1. The van der Waals surface area contributed by atoms with E-state index in [4.69, 9.17) is 4.74 Å². The molecule has 0 aliphatic rings. The van der Waals surface area contributed by atoms with Crippen LogP contribution in [0.5, 0.6) is 5.75 Å². The fourth-order valence-corrected chi connectivity index (χ4v) is 2.19. The van der Waals surface area contributed by atoms with Crippen molar-refractivity contribution >= 4 is 5.78 Å². The number of nitrogens with zero attached hydrogens (tertiary/aromatic N) is 1. The van der Waals surface area contributed by atoms with Gasteiger partial charge in [0.25, 0.3) is 0 Å². The van der Waals surface area contributed by atoms with Gasteiger partial charge in [0.15, 0.2) is 5.78 Å². The third-order valence-electron chi connectivity index (χ3n) is 3.31. The molecule has 0 radical (unpaired) electrons. The molecule has 0 N–H and O–H groups in total. The predicted molar refractivity (Wildman–Crippen MR) is 78.9 cm³/mol. The number of Topliss-reactive ketones (excluding diaryl/α,β-unsaturated/α-hetero) is 1. The van der Waals surface area contributed by atoms with Crippen molar-refractivity contribution in [2.45, 2.75) is 33.7 Å². The lowest BCUT2D eigenvalue weighted by atomic mass is 10.0. The normalized spacial score (nSPS) is 12.8.